The van der Waals surface area contributed by atoms with Crippen LogP contribution in [0.2, 0.25) is 0 Å². The van der Waals surface area contributed by atoms with Crippen LogP contribution in [0.1, 0.15) is 52.6 Å². The molecule has 0 bridgehead atoms. The standard InChI is InChI=1S/C19H21N3O2S/c1-12-14(13(2)21-19(24)15(12)11-20)7-8-18(23)22-9-3-5-16(22)17-6-4-10-25-17/h4,6,10,16H,3,5,7-9H2,1-2H3,(H,21,24)/t16-/m1/s1. The van der Waals surface area contributed by atoms with Crippen molar-refractivity contribution in [2.24, 2.45) is 0 Å². The van der Waals surface area contributed by atoms with Gasteiger partial charge in [-0.25, -0.2) is 0 Å². The lowest BCUT2D eigenvalue weighted by atomic mass is 9.99. The van der Waals surface area contributed by atoms with Crippen LogP contribution in [-0.4, -0.2) is 22.3 Å². The first-order chi connectivity index (χ1) is 12.0. The van der Waals surface area contributed by atoms with Crippen molar-refractivity contribution in [2.75, 3.05) is 6.54 Å². The van der Waals surface area contributed by atoms with E-state index >= 15 is 0 Å². The summed E-state index contributed by atoms with van der Waals surface area (Å²) in [5, 5.41) is 11.2. The Morgan fingerprint density at radius 3 is 2.96 bits per heavy atom. The van der Waals surface area contributed by atoms with Crippen LogP contribution in [0.5, 0.6) is 0 Å². The Morgan fingerprint density at radius 1 is 1.48 bits per heavy atom. The van der Waals surface area contributed by atoms with E-state index in [2.05, 4.69) is 11.1 Å². The zero-order valence-electron chi connectivity index (χ0n) is 14.5. The van der Waals surface area contributed by atoms with E-state index < -0.39 is 0 Å². The predicted molar refractivity (Wildman–Crippen MR) is 97.6 cm³/mol. The number of aryl methyl sites for hydroxylation is 1. The summed E-state index contributed by atoms with van der Waals surface area (Å²) < 4.78 is 0. The Hall–Kier alpha value is -2.39. The van der Waals surface area contributed by atoms with Gasteiger partial charge in [-0.05, 0) is 55.7 Å². The zero-order valence-corrected chi connectivity index (χ0v) is 15.3. The highest BCUT2D eigenvalue weighted by Gasteiger charge is 2.30. The highest BCUT2D eigenvalue weighted by molar-refractivity contribution is 7.10. The Morgan fingerprint density at radius 2 is 2.28 bits per heavy atom. The summed E-state index contributed by atoms with van der Waals surface area (Å²) in [7, 11) is 0. The van der Waals surface area contributed by atoms with Gasteiger partial charge in [-0.1, -0.05) is 6.07 Å². The van der Waals surface area contributed by atoms with E-state index in [0.29, 0.717) is 18.4 Å². The molecule has 0 radical (unpaired) electrons. The molecule has 25 heavy (non-hydrogen) atoms. The lowest BCUT2D eigenvalue weighted by molar-refractivity contribution is -0.132. The van der Waals surface area contributed by atoms with Crippen LogP contribution in [0.15, 0.2) is 22.3 Å². The fraction of sp³-hybridized carbons (Fsp3) is 0.421. The number of hydrogen-bond donors (Lipinski definition) is 1. The molecule has 1 N–H and O–H groups in total. The van der Waals surface area contributed by atoms with Crippen LogP contribution in [-0.2, 0) is 11.2 Å². The third kappa shape index (κ3) is 3.38. The number of pyridine rings is 1. The molecule has 0 saturated carbocycles. The second-order valence-corrected chi connectivity index (χ2v) is 7.41. The number of aromatic nitrogens is 1. The second kappa shape index (κ2) is 7.24. The van der Waals surface area contributed by atoms with Crippen molar-refractivity contribution in [3.05, 3.63) is 55.1 Å². The topological polar surface area (TPSA) is 77.0 Å². The first-order valence-corrected chi connectivity index (χ1v) is 9.36. The van der Waals surface area contributed by atoms with Crippen molar-refractivity contribution in [2.45, 2.75) is 45.6 Å². The lowest BCUT2D eigenvalue weighted by Gasteiger charge is -2.24. The van der Waals surface area contributed by atoms with E-state index in [-0.39, 0.29) is 23.1 Å². The van der Waals surface area contributed by atoms with Gasteiger partial charge in [0.15, 0.2) is 0 Å². The molecular formula is C19H21N3O2S. The maximum atomic E-state index is 12.8. The number of nitriles is 1. The Balaban J connectivity index is 1.75. The number of nitrogens with zero attached hydrogens (tertiary/aromatic N) is 2. The molecule has 130 valence electrons. The van der Waals surface area contributed by atoms with Gasteiger partial charge in [-0.2, -0.15) is 5.26 Å². The Bertz CT molecular complexity index is 877. The van der Waals surface area contributed by atoms with Gasteiger partial charge in [-0.15, -0.1) is 11.3 Å². The normalized spacial score (nSPS) is 16.8. The van der Waals surface area contributed by atoms with Crippen LogP contribution in [0.4, 0.5) is 0 Å². The second-order valence-electron chi connectivity index (χ2n) is 6.43. The van der Waals surface area contributed by atoms with Gasteiger partial charge in [0.25, 0.3) is 5.56 Å². The van der Waals surface area contributed by atoms with Gasteiger partial charge in [0.1, 0.15) is 11.6 Å². The highest BCUT2D eigenvalue weighted by atomic mass is 32.1. The van der Waals surface area contributed by atoms with E-state index in [1.54, 1.807) is 18.3 Å². The number of rotatable bonds is 4. The molecule has 0 aromatic carbocycles. The average Bonchev–Trinajstić information content (AvgIpc) is 3.25. The van der Waals surface area contributed by atoms with E-state index in [9.17, 15) is 9.59 Å². The lowest BCUT2D eigenvalue weighted by Crippen LogP contribution is -2.30. The molecule has 0 spiro atoms. The summed E-state index contributed by atoms with van der Waals surface area (Å²) in [5.74, 6) is 0.138. The van der Waals surface area contributed by atoms with Gasteiger partial charge in [-0.3, -0.25) is 9.59 Å². The molecule has 2 aromatic rings. The first kappa shape index (κ1) is 17.4. The van der Waals surface area contributed by atoms with Gasteiger partial charge in [0.2, 0.25) is 5.91 Å². The molecule has 3 heterocycles. The maximum Gasteiger partial charge on any atom is 0.266 e. The highest BCUT2D eigenvalue weighted by Crippen LogP contribution is 2.35. The number of likely N-dealkylation sites (tertiary alicyclic amines) is 1. The Labute approximate surface area is 150 Å². The van der Waals surface area contributed by atoms with Crippen LogP contribution < -0.4 is 5.56 Å². The number of nitrogens with one attached hydrogen (secondary N) is 1. The van der Waals surface area contributed by atoms with Gasteiger partial charge in [0, 0.05) is 23.5 Å². The number of amides is 1. The van der Waals surface area contributed by atoms with Crippen molar-refractivity contribution in [3.8, 4) is 6.07 Å². The fourth-order valence-electron chi connectivity index (χ4n) is 3.64. The molecule has 6 heteroatoms. The SMILES string of the molecule is Cc1[nH]c(=O)c(C#N)c(C)c1CCC(=O)N1CCC[C@@H]1c1cccs1. The molecule has 1 aliphatic rings. The van der Waals surface area contributed by atoms with Crippen LogP contribution in [0.25, 0.3) is 0 Å². The van der Waals surface area contributed by atoms with Crippen molar-refractivity contribution >= 4 is 17.2 Å². The fourth-order valence-corrected chi connectivity index (χ4v) is 4.51. The van der Waals surface area contributed by atoms with Gasteiger partial charge < -0.3 is 9.88 Å². The quantitative estimate of drug-likeness (QED) is 0.915. The predicted octanol–water partition coefficient (Wildman–Crippen LogP) is 3.22. The minimum Gasteiger partial charge on any atom is -0.335 e. The summed E-state index contributed by atoms with van der Waals surface area (Å²) in [6.07, 6.45) is 2.97. The molecule has 1 fully saturated rings. The molecule has 1 aliphatic heterocycles. The third-order valence-electron chi connectivity index (χ3n) is 4.95. The Kier molecular flexibility index (Phi) is 5.05. The van der Waals surface area contributed by atoms with E-state index in [1.807, 2.05) is 29.3 Å². The molecule has 0 unspecified atom stereocenters. The molecular weight excluding hydrogens is 334 g/mol. The van der Waals surface area contributed by atoms with Crippen molar-refractivity contribution in [3.63, 3.8) is 0 Å². The monoisotopic (exact) mass is 355 g/mol. The summed E-state index contributed by atoms with van der Waals surface area (Å²) in [5.41, 5.74) is 2.12. The number of H-pyrrole nitrogens is 1. The largest absolute Gasteiger partial charge is 0.335 e. The molecule has 5 nitrogen and oxygen atoms in total. The molecule has 1 amide bonds. The molecule has 1 atom stereocenters. The number of aromatic amines is 1. The zero-order chi connectivity index (χ0) is 18.0. The van der Waals surface area contributed by atoms with Crippen LogP contribution >= 0.6 is 11.3 Å². The van der Waals surface area contributed by atoms with Gasteiger partial charge >= 0.3 is 0 Å². The third-order valence-corrected chi connectivity index (χ3v) is 5.93. The average molecular weight is 355 g/mol. The van der Waals surface area contributed by atoms with Gasteiger partial charge in [0.05, 0.1) is 6.04 Å². The van der Waals surface area contributed by atoms with Crippen molar-refractivity contribution in [1.29, 1.82) is 5.26 Å². The molecule has 1 saturated heterocycles. The van der Waals surface area contributed by atoms with E-state index in [0.717, 1.165) is 30.6 Å². The number of hydrogen-bond acceptors (Lipinski definition) is 4. The molecule has 2 aromatic heterocycles. The minimum atomic E-state index is -0.357. The summed E-state index contributed by atoms with van der Waals surface area (Å²) in [6, 6.07) is 6.28. The van der Waals surface area contributed by atoms with Crippen LogP contribution in [0.3, 0.4) is 0 Å². The van der Waals surface area contributed by atoms with E-state index in [4.69, 9.17) is 5.26 Å². The van der Waals surface area contributed by atoms with Crippen LogP contribution in [0, 0.1) is 25.2 Å². The maximum absolute atomic E-state index is 12.8. The first-order valence-electron chi connectivity index (χ1n) is 8.48. The van der Waals surface area contributed by atoms with E-state index in [1.165, 1.54) is 4.88 Å². The van der Waals surface area contributed by atoms with Crippen molar-refractivity contribution < 1.29 is 4.79 Å². The molecule has 3 rings (SSSR count). The summed E-state index contributed by atoms with van der Waals surface area (Å²) in [6.45, 7) is 4.40. The number of carbonyl (C=O) groups is 1. The number of thiophene rings is 1. The number of carbonyl (C=O) groups excluding carboxylic acids is 1. The summed E-state index contributed by atoms with van der Waals surface area (Å²) in [4.78, 5) is 30.5. The van der Waals surface area contributed by atoms with Crippen molar-refractivity contribution in [1.82, 2.24) is 9.88 Å². The smallest absolute Gasteiger partial charge is 0.266 e. The summed E-state index contributed by atoms with van der Waals surface area (Å²) >= 11 is 1.70. The molecule has 0 aliphatic carbocycles. The minimum absolute atomic E-state index is 0.138.